The first-order valence-electron chi connectivity index (χ1n) is 6.99. The number of benzene rings is 2. The van der Waals surface area contributed by atoms with E-state index in [1.165, 1.54) is 17.2 Å². The predicted octanol–water partition coefficient (Wildman–Crippen LogP) is 3.53. The molecule has 0 saturated heterocycles. The van der Waals surface area contributed by atoms with Crippen molar-refractivity contribution >= 4 is 0 Å². The smallest absolute Gasteiger partial charge is 0.159 e. The Balaban J connectivity index is 1.77. The summed E-state index contributed by atoms with van der Waals surface area (Å²) in [7, 11) is 2.08. The Hall–Kier alpha value is -1.94. The molecule has 21 heavy (non-hydrogen) atoms. The van der Waals surface area contributed by atoms with E-state index in [0.29, 0.717) is 5.56 Å². The number of hydrogen-bond acceptors (Lipinski definition) is 2. The molecule has 0 bridgehead atoms. The number of rotatable bonds is 3. The summed E-state index contributed by atoms with van der Waals surface area (Å²) in [6.45, 7) is 2.13. The van der Waals surface area contributed by atoms with Gasteiger partial charge >= 0.3 is 0 Å². The standard InChI is InChI=1S/C17H17F2NO/c1-20-8-7-13-3-2-4-17(14(13)10-20)21-11-12-5-6-15(18)16(19)9-12/h2-6,9H,7-8,10-11H2,1H3. The van der Waals surface area contributed by atoms with Crippen molar-refractivity contribution in [2.75, 3.05) is 13.6 Å². The number of hydrogen-bond donors (Lipinski definition) is 0. The zero-order valence-corrected chi connectivity index (χ0v) is 11.9. The fourth-order valence-electron chi connectivity index (χ4n) is 2.61. The Bertz CT molecular complexity index is 657. The molecular weight excluding hydrogens is 272 g/mol. The van der Waals surface area contributed by atoms with Gasteiger partial charge in [-0.2, -0.15) is 0 Å². The first-order valence-corrected chi connectivity index (χ1v) is 6.99. The van der Waals surface area contributed by atoms with Gasteiger partial charge in [0.15, 0.2) is 11.6 Å². The number of likely N-dealkylation sites (N-methyl/N-ethyl adjacent to an activating group) is 1. The normalized spacial score (nSPS) is 14.8. The average molecular weight is 289 g/mol. The fraction of sp³-hybridized carbons (Fsp3) is 0.294. The van der Waals surface area contributed by atoms with E-state index in [0.717, 1.165) is 31.3 Å². The summed E-state index contributed by atoms with van der Waals surface area (Å²) >= 11 is 0. The lowest BCUT2D eigenvalue weighted by molar-refractivity contribution is 0.275. The second-order valence-corrected chi connectivity index (χ2v) is 5.42. The highest BCUT2D eigenvalue weighted by atomic mass is 19.2. The molecule has 0 fully saturated rings. The van der Waals surface area contributed by atoms with Crippen LogP contribution in [0.2, 0.25) is 0 Å². The second-order valence-electron chi connectivity index (χ2n) is 5.42. The molecule has 3 rings (SSSR count). The molecule has 2 nitrogen and oxygen atoms in total. The van der Waals surface area contributed by atoms with Crippen LogP contribution < -0.4 is 4.74 Å². The van der Waals surface area contributed by atoms with E-state index < -0.39 is 11.6 Å². The Morgan fingerprint density at radius 1 is 1.14 bits per heavy atom. The Labute approximate surface area is 123 Å². The molecule has 2 aromatic rings. The lowest BCUT2D eigenvalue weighted by atomic mass is 9.99. The molecule has 1 heterocycles. The van der Waals surface area contributed by atoms with Gasteiger partial charge in [0.2, 0.25) is 0 Å². The molecule has 0 N–H and O–H groups in total. The van der Waals surface area contributed by atoms with Gasteiger partial charge in [0, 0.05) is 18.7 Å². The van der Waals surface area contributed by atoms with Crippen LogP contribution in [0.3, 0.4) is 0 Å². The van der Waals surface area contributed by atoms with E-state index in [2.05, 4.69) is 18.0 Å². The van der Waals surface area contributed by atoms with Crippen molar-refractivity contribution in [3.63, 3.8) is 0 Å². The van der Waals surface area contributed by atoms with Crippen LogP contribution in [0.15, 0.2) is 36.4 Å². The maximum absolute atomic E-state index is 13.2. The lowest BCUT2D eigenvalue weighted by Crippen LogP contribution is -2.26. The van der Waals surface area contributed by atoms with E-state index in [1.54, 1.807) is 6.07 Å². The summed E-state index contributed by atoms with van der Waals surface area (Å²) < 4.78 is 31.9. The minimum absolute atomic E-state index is 0.233. The van der Waals surface area contributed by atoms with Gasteiger partial charge in [0.05, 0.1) is 0 Å². The highest BCUT2D eigenvalue weighted by Crippen LogP contribution is 2.28. The fourth-order valence-corrected chi connectivity index (χ4v) is 2.61. The molecule has 0 amide bonds. The minimum atomic E-state index is -0.842. The van der Waals surface area contributed by atoms with Crippen LogP contribution >= 0.6 is 0 Å². The highest BCUT2D eigenvalue weighted by Gasteiger charge is 2.17. The van der Waals surface area contributed by atoms with Crippen LogP contribution in [0.25, 0.3) is 0 Å². The van der Waals surface area contributed by atoms with Crippen molar-refractivity contribution in [3.05, 3.63) is 64.7 Å². The van der Waals surface area contributed by atoms with Crippen molar-refractivity contribution < 1.29 is 13.5 Å². The maximum Gasteiger partial charge on any atom is 0.159 e. The number of halogens is 2. The van der Waals surface area contributed by atoms with Gasteiger partial charge in [0.25, 0.3) is 0 Å². The van der Waals surface area contributed by atoms with Crippen molar-refractivity contribution in [1.29, 1.82) is 0 Å². The Kier molecular flexibility index (Phi) is 3.88. The van der Waals surface area contributed by atoms with E-state index >= 15 is 0 Å². The van der Waals surface area contributed by atoms with Crippen molar-refractivity contribution in [2.45, 2.75) is 19.6 Å². The first kappa shape index (κ1) is 14.0. The maximum atomic E-state index is 13.2. The molecule has 2 aromatic carbocycles. The van der Waals surface area contributed by atoms with Crippen molar-refractivity contribution in [1.82, 2.24) is 4.90 Å². The number of ether oxygens (including phenoxy) is 1. The van der Waals surface area contributed by atoms with Gasteiger partial charge in [-0.1, -0.05) is 18.2 Å². The lowest BCUT2D eigenvalue weighted by Gasteiger charge is -2.26. The van der Waals surface area contributed by atoms with Crippen LogP contribution in [0, 0.1) is 11.6 Å². The third-order valence-electron chi connectivity index (χ3n) is 3.80. The summed E-state index contributed by atoms with van der Waals surface area (Å²) in [6, 6.07) is 9.87. The van der Waals surface area contributed by atoms with Gasteiger partial charge in [-0.05, 0) is 42.8 Å². The third-order valence-corrected chi connectivity index (χ3v) is 3.80. The van der Waals surface area contributed by atoms with Crippen LogP contribution in [0.4, 0.5) is 8.78 Å². The van der Waals surface area contributed by atoms with E-state index in [4.69, 9.17) is 4.74 Å². The molecule has 1 aliphatic rings. The topological polar surface area (TPSA) is 12.5 Å². The number of fused-ring (bicyclic) bond motifs is 1. The van der Waals surface area contributed by atoms with Gasteiger partial charge in [-0.25, -0.2) is 8.78 Å². The highest BCUT2D eigenvalue weighted by molar-refractivity contribution is 5.41. The second kappa shape index (κ2) is 5.82. The van der Waals surface area contributed by atoms with Crippen LogP contribution in [0.5, 0.6) is 5.75 Å². The van der Waals surface area contributed by atoms with E-state index in [-0.39, 0.29) is 6.61 Å². The molecule has 0 unspecified atom stereocenters. The van der Waals surface area contributed by atoms with Gasteiger partial charge in [-0.15, -0.1) is 0 Å². The van der Waals surface area contributed by atoms with Crippen LogP contribution in [-0.4, -0.2) is 18.5 Å². The molecular formula is C17H17F2NO. The van der Waals surface area contributed by atoms with Gasteiger partial charge < -0.3 is 9.64 Å². The predicted molar refractivity (Wildman–Crippen MR) is 77.2 cm³/mol. The summed E-state index contributed by atoms with van der Waals surface area (Å²) in [4.78, 5) is 2.24. The number of nitrogens with zero attached hydrogens (tertiary/aromatic N) is 1. The van der Waals surface area contributed by atoms with E-state index in [9.17, 15) is 8.78 Å². The zero-order chi connectivity index (χ0) is 14.8. The minimum Gasteiger partial charge on any atom is -0.489 e. The van der Waals surface area contributed by atoms with Crippen molar-refractivity contribution in [2.24, 2.45) is 0 Å². The van der Waals surface area contributed by atoms with Gasteiger partial charge in [0.1, 0.15) is 12.4 Å². The molecule has 110 valence electrons. The zero-order valence-electron chi connectivity index (χ0n) is 11.9. The molecule has 1 aliphatic heterocycles. The van der Waals surface area contributed by atoms with Crippen LogP contribution in [0.1, 0.15) is 16.7 Å². The molecule has 4 heteroatoms. The summed E-state index contributed by atoms with van der Waals surface area (Å²) in [5.41, 5.74) is 3.11. The monoisotopic (exact) mass is 289 g/mol. The Morgan fingerprint density at radius 2 is 2.00 bits per heavy atom. The SMILES string of the molecule is CN1CCc2cccc(OCc3ccc(F)c(F)c3)c2C1. The van der Waals surface area contributed by atoms with Gasteiger partial charge in [-0.3, -0.25) is 0 Å². The third kappa shape index (κ3) is 3.05. The van der Waals surface area contributed by atoms with E-state index in [1.807, 2.05) is 12.1 Å². The molecule has 0 radical (unpaired) electrons. The quantitative estimate of drug-likeness (QED) is 0.857. The largest absolute Gasteiger partial charge is 0.489 e. The summed E-state index contributed by atoms with van der Waals surface area (Å²) in [5.74, 6) is -0.854. The van der Waals surface area contributed by atoms with Crippen LogP contribution in [-0.2, 0) is 19.6 Å². The molecule has 0 spiro atoms. The van der Waals surface area contributed by atoms with Crippen molar-refractivity contribution in [3.8, 4) is 5.75 Å². The summed E-state index contributed by atoms with van der Waals surface area (Å²) in [5, 5.41) is 0. The molecule has 0 aromatic heterocycles. The first-order chi connectivity index (χ1) is 10.1. The molecule has 0 atom stereocenters. The molecule has 0 saturated carbocycles. The Morgan fingerprint density at radius 3 is 2.81 bits per heavy atom. The average Bonchev–Trinajstić information content (AvgIpc) is 2.48. The summed E-state index contributed by atoms with van der Waals surface area (Å²) in [6.07, 6.45) is 1.01. The molecule has 0 aliphatic carbocycles.